The lowest BCUT2D eigenvalue weighted by Gasteiger charge is -2.09. The normalized spacial score (nSPS) is 10.4. The van der Waals surface area contributed by atoms with Crippen LogP contribution < -0.4 is 5.32 Å². The van der Waals surface area contributed by atoms with E-state index in [-0.39, 0.29) is 0 Å². The Balaban J connectivity index is 2.11. The minimum absolute atomic E-state index is 0.392. The maximum Gasteiger partial charge on any atom is 0.322 e. The quantitative estimate of drug-likeness (QED) is 0.770. The molecule has 1 amide bonds. The fraction of sp³-hybridized carbons (Fsp3) is 0.0588. The zero-order valence-corrected chi connectivity index (χ0v) is 12.1. The lowest BCUT2D eigenvalue weighted by atomic mass is 10.0. The van der Waals surface area contributed by atoms with Gasteiger partial charge in [0.05, 0.1) is 16.8 Å². The smallest absolute Gasteiger partial charge is 0.322 e. The third-order valence-corrected chi connectivity index (χ3v) is 3.34. The molecular formula is C17H13N3O3. The van der Waals surface area contributed by atoms with Crippen LogP contribution in [0.4, 0.5) is 0 Å². The Morgan fingerprint density at radius 3 is 2.57 bits per heavy atom. The van der Waals surface area contributed by atoms with Crippen LogP contribution in [0.25, 0.3) is 22.2 Å². The summed E-state index contributed by atoms with van der Waals surface area (Å²) in [7, 11) is 0. The molecule has 6 heteroatoms. The van der Waals surface area contributed by atoms with Gasteiger partial charge in [0.1, 0.15) is 6.54 Å². The number of hydrogen-bond acceptors (Lipinski definition) is 4. The lowest BCUT2D eigenvalue weighted by molar-refractivity contribution is -0.135. The van der Waals surface area contributed by atoms with Crippen LogP contribution in [0, 0.1) is 0 Å². The number of pyridine rings is 2. The van der Waals surface area contributed by atoms with Crippen LogP contribution in [0.2, 0.25) is 0 Å². The van der Waals surface area contributed by atoms with E-state index in [0.29, 0.717) is 22.2 Å². The third-order valence-electron chi connectivity index (χ3n) is 3.34. The molecule has 0 bridgehead atoms. The molecule has 0 saturated heterocycles. The summed E-state index contributed by atoms with van der Waals surface area (Å²) in [5, 5.41) is 11.8. The topological polar surface area (TPSA) is 92.2 Å². The fourth-order valence-corrected chi connectivity index (χ4v) is 2.28. The van der Waals surface area contributed by atoms with Crippen molar-refractivity contribution in [3.05, 3.63) is 60.4 Å². The average molecular weight is 307 g/mol. The number of para-hydroxylation sites is 1. The molecule has 1 aromatic carbocycles. The number of hydrogen-bond donors (Lipinski definition) is 2. The summed E-state index contributed by atoms with van der Waals surface area (Å²) in [5.41, 5.74) is 2.52. The number of carboxylic acid groups (broad SMARTS) is 1. The lowest BCUT2D eigenvalue weighted by Crippen LogP contribution is -2.29. The first-order valence-electron chi connectivity index (χ1n) is 6.95. The summed E-state index contributed by atoms with van der Waals surface area (Å²) in [4.78, 5) is 31.5. The summed E-state index contributed by atoms with van der Waals surface area (Å²) in [6.07, 6.45) is 3.30. The predicted octanol–water partition coefficient (Wildman–Crippen LogP) is 2.11. The largest absolute Gasteiger partial charge is 0.480 e. The van der Waals surface area contributed by atoms with Crippen molar-refractivity contribution in [3.8, 4) is 11.3 Å². The Labute approximate surface area is 131 Å². The van der Waals surface area contributed by atoms with E-state index in [1.807, 2.05) is 18.2 Å². The summed E-state index contributed by atoms with van der Waals surface area (Å²) < 4.78 is 0. The van der Waals surface area contributed by atoms with Crippen LogP contribution in [-0.2, 0) is 4.79 Å². The van der Waals surface area contributed by atoms with Crippen molar-refractivity contribution in [3.63, 3.8) is 0 Å². The number of nitrogens with zero attached hydrogens (tertiary/aromatic N) is 2. The second-order valence-electron chi connectivity index (χ2n) is 4.88. The van der Waals surface area contributed by atoms with Crippen molar-refractivity contribution >= 4 is 22.8 Å². The van der Waals surface area contributed by atoms with Gasteiger partial charge < -0.3 is 10.4 Å². The van der Waals surface area contributed by atoms with Gasteiger partial charge in [-0.25, -0.2) is 4.98 Å². The van der Waals surface area contributed by atoms with Crippen LogP contribution in [0.15, 0.2) is 54.9 Å². The molecule has 0 atom stereocenters. The van der Waals surface area contributed by atoms with E-state index >= 15 is 0 Å². The number of amides is 1. The van der Waals surface area contributed by atoms with Gasteiger partial charge in [0.15, 0.2) is 0 Å². The Kier molecular flexibility index (Phi) is 3.97. The zero-order chi connectivity index (χ0) is 16.2. The second kappa shape index (κ2) is 6.23. The Hall–Kier alpha value is -3.28. The molecule has 0 unspecified atom stereocenters. The van der Waals surface area contributed by atoms with Gasteiger partial charge in [-0.3, -0.25) is 14.6 Å². The fourth-order valence-electron chi connectivity index (χ4n) is 2.28. The molecule has 0 fully saturated rings. The van der Waals surface area contributed by atoms with Gasteiger partial charge in [-0.1, -0.05) is 18.2 Å². The van der Waals surface area contributed by atoms with Crippen molar-refractivity contribution in [2.75, 3.05) is 6.54 Å². The minimum Gasteiger partial charge on any atom is -0.480 e. The van der Waals surface area contributed by atoms with Crippen molar-refractivity contribution in [2.24, 2.45) is 0 Å². The Morgan fingerprint density at radius 1 is 1.09 bits per heavy atom. The number of carbonyl (C=O) groups is 2. The predicted molar refractivity (Wildman–Crippen MR) is 84.9 cm³/mol. The number of rotatable bonds is 4. The van der Waals surface area contributed by atoms with Crippen molar-refractivity contribution in [1.82, 2.24) is 15.3 Å². The van der Waals surface area contributed by atoms with Crippen molar-refractivity contribution < 1.29 is 14.7 Å². The molecule has 2 aromatic heterocycles. The molecule has 0 radical (unpaired) electrons. The highest BCUT2D eigenvalue weighted by Crippen LogP contribution is 2.24. The molecular weight excluding hydrogens is 294 g/mol. The van der Waals surface area contributed by atoms with Gasteiger partial charge in [-0.15, -0.1) is 0 Å². The number of benzene rings is 1. The molecule has 23 heavy (non-hydrogen) atoms. The van der Waals surface area contributed by atoms with E-state index in [1.54, 1.807) is 36.7 Å². The van der Waals surface area contributed by atoms with Gasteiger partial charge in [0.2, 0.25) is 0 Å². The molecule has 3 aromatic rings. The maximum atomic E-state index is 12.3. The summed E-state index contributed by atoms with van der Waals surface area (Å²) in [5.74, 6) is -1.53. The van der Waals surface area contributed by atoms with Crippen LogP contribution in [0.5, 0.6) is 0 Å². The SMILES string of the molecule is O=C(O)CNC(=O)c1cc(-c2ccncc2)nc2ccccc12. The molecule has 0 saturated carbocycles. The number of carbonyl (C=O) groups excluding carboxylic acids is 1. The average Bonchev–Trinajstić information content (AvgIpc) is 2.59. The van der Waals surface area contributed by atoms with E-state index in [1.165, 1.54) is 0 Å². The van der Waals surface area contributed by atoms with E-state index in [0.717, 1.165) is 5.56 Å². The highest BCUT2D eigenvalue weighted by atomic mass is 16.4. The molecule has 2 heterocycles. The zero-order valence-electron chi connectivity index (χ0n) is 12.1. The third kappa shape index (κ3) is 3.16. The number of nitrogens with one attached hydrogen (secondary N) is 1. The Morgan fingerprint density at radius 2 is 1.83 bits per heavy atom. The molecule has 114 valence electrons. The van der Waals surface area contributed by atoms with Crippen LogP contribution in [0.3, 0.4) is 0 Å². The number of aliphatic carboxylic acids is 1. The molecule has 6 nitrogen and oxygen atoms in total. The van der Waals surface area contributed by atoms with Gasteiger partial charge in [0.25, 0.3) is 5.91 Å². The van der Waals surface area contributed by atoms with Crippen LogP contribution in [0.1, 0.15) is 10.4 Å². The highest BCUT2D eigenvalue weighted by Gasteiger charge is 2.14. The first-order valence-corrected chi connectivity index (χ1v) is 6.95. The van der Waals surface area contributed by atoms with Crippen molar-refractivity contribution in [1.29, 1.82) is 0 Å². The molecule has 3 rings (SSSR count). The second-order valence-corrected chi connectivity index (χ2v) is 4.88. The monoisotopic (exact) mass is 307 g/mol. The molecule has 0 aliphatic heterocycles. The van der Waals surface area contributed by atoms with E-state index in [2.05, 4.69) is 15.3 Å². The molecule has 0 aliphatic rings. The molecule has 2 N–H and O–H groups in total. The van der Waals surface area contributed by atoms with Gasteiger partial charge in [-0.05, 0) is 24.3 Å². The Bertz CT molecular complexity index is 879. The summed E-state index contributed by atoms with van der Waals surface area (Å²) in [6.45, 7) is -0.430. The van der Waals surface area contributed by atoms with E-state index < -0.39 is 18.4 Å². The molecule has 0 spiro atoms. The van der Waals surface area contributed by atoms with Crippen LogP contribution in [-0.4, -0.2) is 33.5 Å². The summed E-state index contributed by atoms with van der Waals surface area (Å²) >= 11 is 0. The first-order chi connectivity index (χ1) is 11.1. The minimum atomic E-state index is -1.09. The standard InChI is InChI=1S/C17H13N3O3/c21-16(22)10-19-17(23)13-9-15(11-5-7-18-8-6-11)20-14-4-2-1-3-12(13)14/h1-9H,10H2,(H,19,23)(H,21,22). The maximum absolute atomic E-state index is 12.3. The van der Waals surface area contributed by atoms with Gasteiger partial charge in [0, 0.05) is 23.3 Å². The molecule has 0 aliphatic carbocycles. The number of fused-ring (bicyclic) bond motifs is 1. The van der Waals surface area contributed by atoms with Crippen molar-refractivity contribution in [2.45, 2.75) is 0 Å². The van der Waals surface area contributed by atoms with Gasteiger partial charge in [-0.2, -0.15) is 0 Å². The number of aromatic nitrogens is 2. The van der Waals surface area contributed by atoms with E-state index in [4.69, 9.17) is 5.11 Å². The first kappa shape index (κ1) is 14.6. The summed E-state index contributed by atoms with van der Waals surface area (Å²) in [6, 6.07) is 12.5. The number of carboxylic acids is 1. The van der Waals surface area contributed by atoms with Gasteiger partial charge >= 0.3 is 5.97 Å². The highest BCUT2D eigenvalue weighted by molar-refractivity contribution is 6.07. The van der Waals surface area contributed by atoms with Crippen LogP contribution >= 0.6 is 0 Å². The van der Waals surface area contributed by atoms with E-state index in [9.17, 15) is 9.59 Å².